The van der Waals surface area contributed by atoms with E-state index >= 15 is 0 Å². The molecule has 0 fully saturated rings. The van der Waals surface area contributed by atoms with Crippen LogP contribution >= 0.6 is 12.6 Å². The van der Waals surface area contributed by atoms with E-state index in [4.69, 9.17) is 5.73 Å². The average Bonchev–Trinajstić information content (AvgIpc) is 2.02. The first-order valence-corrected chi connectivity index (χ1v) is 4.30. The van der Waals surface area contributed by atoms with Gasteiger partial charge in [-0.25, -0.2) is 8.78 Å². The molecule has 0 saturated carbocycles. The number of nitrogens with two attached hydrogens (primary N) is 1. The molecular formula is C9H9F2NS. The molecule has 2 N–H and O–H groups in total. The molecule has 0 radical (unpaired) electrons. The van der Waals surface area contributed by atoms with Crippen molar-refractivity contribution in [3.63, 3.8) is 0 Å². The Labute approximate surface area is 80.7 Å². The summed E-state index contributed by atoms with van der Waals surface area (Å²) in [5, 5.41) is 0. The summed E-state index contributed by atoms with van der Waals surface area (Å²) in [4.78, 5) is 0. The van der Waals surface area contributed by atoms with Crippen LogP contribution in [0.2, 0.25) is 0 Å². The van der Waals surface area contributed by atoms with Crippen LogP contribution in [0.15, 0.2) is 18.2 Å². The van der Waals surface area contributed by atoms with Gasteiger partial charge in [0.05, 0.1) is 0 Å². The molecule has 1 nitrogen and oxygen atoms in total. The van der Waals surface area contributed by atoms with Gasteiger partial charge in [0.15, 0.2) is 0 Å². The molecule has 1 rings (SSSR count). The summed E-state index contributed by atoms with van der Waals surface area (Å²) in [7, 11) is 0. The van der Waals surface area contributed by atoms with Crippen LogP contribution in [0.25, 0.3) is 6.08 Å². The fourth-order valence-electron chi connectivity index (χ4n) is 0.951. The van der Waals surface area contributed by atoms with E-state index in [1.165, 1.54) is 6.08 Å². The van der Waals surface area contributed by atoms with Crippen molar-refractivity contribution < 1.29 is 8.78 Å². The van der Waals surface area contributed by atoms with Gasteiger partial charge in [-0.15, -0.1) is 0 Å². The highest BCUT2D eigenvalue weighted by molar-refractivity contribution is 7.80. The Bertz CT molecular complexity index is 313. The van der Waals surface area contributed by atoms with Crippen LogP contribution in [-0.4, -0.2) is 5.75 Å². The standard InChI is InChI=1S/C9H9F2NS/c10-6-4-8(11)7(2-1-3-13)9(12)5-6/h1-2,4-5,13H,3,12H2. The highest BCUT2D eigenvalue weighted by atomic mass is 32.1. The minimum atomic E-state index is -0.668. The molecule has 0 amide bonds. The van der Waals surface area contributed by atoms with E-state index in [0.29, 0.717) is 5.75 Å². The van der Waals surface area contributed by atoms with Crippen molar-refractivity contribution in [1.29, 1.82) is 0 Å². The van der Waals surface area contributed by atoms with E-state index in [9.17, 15) is 8.78 Å². The summed E-state index contributed by atoms with van der Waals surface area (Å²) < 4.78 is 25.6. The SMILES string of the molecule is Nc1cc(F)cc(F)c1C=CCS. The van der Waals surface area contributed by atoms with Crippen LogP contribution in [-0.2, 0) is 0 Å². The predicted octanol–water partition coefficient (Wildman–Crippen LogP) is 2.49. The zero-order valence-corrected chi connectivity index (χ0v) is 7.69. The Hall–Kier alpha value is -1.03. The van der Waals surface area contributed by atoms with Crippen LogP contribution in [0, 0.1) is 11.6 Å². The van der Waals surface area contributed by atoms with Gasteiger partial charge in [0.2, 0.25) is 0 Å². The second-order valence-corrected chi connectivity index (χ2v) is 2.84. The molecule has 0 heterocycles. The molecule has 4 heteroatoms. The Balaban J connectivity index is 3.13. The van der Waals surface area contributed by atoms with Crippen molar-refractivity contribution in [3.8, 4) is 0 Å². The molecule has 0 aliphatic rings. The van der Waals surface area contributed by atoms with E-state index in [-0.39, 0.29) is 11.3 Å². The normalized spacial score (nSPS) is 11.0. The van der Waals surface area contributed by atoms with Gasteiger partial charge in [-0.2, -0.15) is 12.6 Å². The quantitative estimate of drug-likeness (QED) is 0.558. The fourth-order valence-corrected chi connectivity index (χ4v) is 1.06. The highest BCUT2D eigenvalue weighted by Gasteiger charge is 2.05. The van der Waals surface area contributed by atoms with Gasteiger partial charge >= 0.3 is 0 Å². The molecule has 0 aliphatic carbocycles. The number of thiol groups is 1. The monoisotopic (exact) mass is 201 g/mol. The summed E-state index contributed by atoms with van der Waals surface area (Å²) in [6.07, 6.45) is 3.12. The largest absolute Gasteiger partial charge is 0.398 e. The van der Waals surface area contributed by atoms with Crippen molar-refractivity contribution in [3.05, 3.63) is 35.4 Å². The summed E-state index contributed by atoms with van der Waals surface area (Å²) in [5.41, 5.74) is 5.70. The lowest BCUT2D eigenvalue weighted by atomic mass is 10.1. The highest BCUT2D eigenvalue weighted by Crippen LogP contribution is 2.19. The van der Waals surface area contributed by atoms with E-state index in [0.717, 1.165) is 12.1 Å². The molecular weight excluding hydrogens is 192 g/mol. The second kappa shape index (κ2) is 4.28. The molecule has 1 aromatic carbocycles. The second-order valence-electron chi connectivity index (χ2n) is 2.48. The number of halogens is 2. The minimum absolute atomic E-state index is 0.0931. The lowest BCUT2D eigenvalue weighted by molar-refractivity contribution is 0.583. The maximum atomic E-state index is 13.0. The first kappa shape index (κ1) is 10.1. The van der Waals surface area contributed by atoms with Gasteiger partial charge in [0.25, 0.3) is 0 Å². The number of rotatable bonds is 2. The first-order chi connectivity index (χ1) is 6.15. The Morgan fingerprint density at radius 2 is 2.08 bits per heavy atom. The van der Waals surface area contributed by atoms with E-state index in [2.05, 4.69) is 12.6 Å². The molecule has 0 unspecified atom stereocenters. The van der Waals surface area contributed by atoms with Gasteiger partial charge in [0.1, 0.15) is 11.6 Å². The molecule has 1 aromatic rings. The molecule has 0 aliphatic heterocycles. The summed E-state index contributed by atoms with van der Waals surface area (Å²) in [5.74, 6) is -0.843. The first-order valence-electron chi connectivity index (χ1n) is 3.67. The Morgan fingerprint density at radius 3 is 2.62 bits per heavy atom. The molecule has 13 heavy (non-hydrogen) atoms. The Morgan fingerprint density at radius 1 is 1.38 bits per heavy atom. The molecule has 70 valence electrons. The maximum Gasteiger partial charge on any atom is 0.135 e. The van der Waals surface area contributed by atoms with E-state index in [1.807, 2.05) is 0 Å². The molecule has 0 bridgehead atoms. The zero-order chi connectivity index (χ0) is 9.84. The summed E-state index contributed by atoms with van der Waals surface area (Å²) >= 11 is 3.92. The lowest BCUT2D eigenvalue weighted by Gasteiger charge is -2.01. The van der Waals surface area contributed by atoms with Crippen LogP contribution in [0.4, 0.5) is 14.5 Å². The minimum Gasteiger partial charge on any atom is -0.398 e. The summed E-state index contributed by atoms with van der Waals surface area (Å²) in [6.45, 7) is 0. The zero-order valence-electron chi connectivity index (χ0n) is 6.80. The van der Waals surface area contributed by atoms with Crippen LogP contribution in [0.3, 0.4) is 0 Å². The van der Waals surface area contributed by atoms with Gasteiger partial charge < -0.3 is 5.73 Å². The van der Waals surface area contributed by atoms with Crippen LogP contribution in [0.5, 0.6) is 0 Å². The van der Waals surface area contributed by atoms with E-state index in [1.54, 1.807) is 6.08 Å². The van der Waals surface area contributed by atoms with Gasteiger partial charge in [-0.05, 0) is 6.07 Å². The molecule has 0 atom stereocenters. The van der Waals surface area contributed by atoms with Crippen LogP contribution < -0.4 is 5.73 Å². The molecule has 0 spiro atoms. The predicted molar refractivity (Wildman–Crippen MR) is 53.7 cm³/mol. The number of hydrogen-bond donors (Lipinski definition) is 2. The lowest BCUT2D eigenvalue weighted by Crippen LogP contribution is -1.94. The third kappa shape index (κ3) is 2.45. The van der Waals surface area contributed by atoms with E-state index < -0.39 is 11.6 Å². The molecule has 0 aromatic heterocycles. The number of nitrogen functional groups attached to an aromatic ring is 1. The number of hydrogen-bond acceptors (Lipinski definition) is 2. The maximum absolute atomic E-state index is 13.0. The van der Waals surface area contributed by atoms with Gasteiger partial charge in [0, 0.05) is 23.1 Å². The third-order valence-electron chi connectivity index (χ3n) is 1.52. The van der Waals surface area contributed by atoms with Crippen molar-refractivity contribution in [2.24, 2.45) is 0 Å². The van der Waals surface area contributed by atoms with Gasteiger partial charge in [-0.1, -0.05) is 12.2 Å². The van der Waals surface area contributed by atoms with Crippen molar-refractivity contribution in [2.75, 3.05) is 11.5 Å². The van der Waals surface area contributed by atoms with Crippen LogP contribution in [0.1, 0.15) is 5.56 Å². The smallest absolute Gasteiger partial charge is 0.135 e. The summed E-state index contributed by atoms with van der Waals surface area (Å²) in [6, 6.07) is 1.88. The van der Waals surface area contributed by atoms with Gasteiger partial charge in [-0.3, -0.25) is 0 Å². The average molecular weight is 201 g/mol. The van der Waals surface area contributed by atoms with Crippen molar-refractivity contribution >= 4 is 24.4 Å². The number of benzene rings is 1. The topological polar surface area (TPSA) is 26.0 Å². The van der Waals surface area contributed by atoms with Crippen molar-refractivity contribution in [1.82, 2.24) is 0 Å². The Kier molecular flexibility index (Phi) is 3.31. The number of anilines is 1. The third-order valence-corrected chi connectivity index (χ3v) is 1.73. The fraction of sp³-hybridized carbons (Fsp3) is 0.111. The van der Waals surface area contributed by atoms with Crippen molar-refractivity contribution in [2.45, 2.75) is 0 Å². The molecule has 0 saturated heterocycles.